The molecule has 1 aromatic carbocycles. The van der Waals surface area contributed by atoms with E-state index >= 15 is 0 Å². The fourth-order valence-electron chi connectivity index (χ4n) is 3.15. The van der Waals surface area contributed by atoms with Crippen molar-refractivity contribution in [2.24, 2.45) is 5.73 Å². The maximum Gasteiger partial charge on any atom is 0.262 e. The predicted molar refractivity (Wildman–Crippen MR) is 93.0 cm³/mol. The first kappa shape index (κ1) is 17.5. The van der Waals surface area contributed by atoms with Gasteiger partial charge in [0.25, 0.3) is 11.8 Å². The zero-order valence-electron chi connectivity index (χ0n) is 13.5. The van der Waals surface area contributed by atoms with Gasteiger partial charge in [0.2, 0.25) is 0 Å². The molecule has 0 spiro atoms. The minimum Gasteiger partial charge on any atom is -0.365 e. The molecule has 132 valence electrons. The highest BCUT2D eigenvalue weighted by atomic mass is 32.1. The molecule has 7 heteroatoms. The van der Waals surface area contributed by atoms with Crippen LogP contribution in [0.1, 0.15) is 56.8 Å². The molecule has 0 atom stereocenters. The number of thiophene rings is 1. The molecule has 1 heterocycles. The van der Waals surface area contributed by atoms with Crippen molar-refractivity contribution >= 4 is 28.2 Å². The van der Waals surface area contributed by atoms with Crippen LogP contribution in [0.2, 0.25) is 0 Å². The van der Waals surface area contributed by atoms with Gasteiger partial charge in [-0.25, -0.2) is 8.78 Å². The number of aryl methyl sites for hydroxylation is 1. The zero-order valence-corrected chi connectivity index (χ0v) is 14.3. The van der Waals surface area contributed by atoms with Gasteiger partial charge in [0.1, 0.15) is 22.2 Å². The van der Waals surface area contributed by atoms with Crippen LogP contribution in [0.3, 0.4) is 0 Å². The summed E-state index contributed by atoms with van der Waals surface area (Å²) in [4.78, 5) is 25.3. The van der Waals surface area contributed by atoms with Crippen molar-refractivity contribution in [1.82, 2.24) is 0 Å². The van der Waals surface area contributed by atoms with Crippen LogP contribution in [-0.4, -0.2) is 11.8 Å². The molecule has 1 aliphatic carbocycles. The van der Waals surface area contributed by atoms with Crippen LogP contribution >= 0.6 is 11.3 Å². The smallest absolute Gasteiger partial charge is 0.262 e. The summed E-state index contributed by atoms with van der Waals surface area (Å²) in [5.74, 6) is -3.46. The topological polar surface area (TPSA) is 72.2 Å². The fourth-order valence-corrected chi connectivity index (χ4v) is 4.44. The molecule has 3 rings (SSSR count). The number of rotatable bonds is 3. The number of amides is 2. The second kappa shape index (κ2) is 7.31. The van der Waals surface area contributed by atoms with Crippen LogP contribution in [0.5, 0.6) is 0 Å². The molecule has 3 N–H and O–H groups in total. The van der Waals surface area contributed by atoms with Crippen LogP contribution in [-0.2, 0) is 12.8 Å². The van der Waals surface area contributed by atoms with E-state index in [-0.39, 0.29) is 10.6 Å². The Hall–Kier alpha value is -2.28. The van der Waals surface area contributed by atoms with Gasteiger partial charge in [-0.3, -0.25) is 9.59 Å². The molecule has 2 aromatic rings. The van der Waals surface area contributed by atoms with Crippen molar-refractivity contribution in [2.75, 3.05) is 5.32 Å². The van der Waals surface area contributed by atoms with Crippen molar-refractivity contribution in [3.05, 3.63) is 51.4 Å². The molecular formula is C18H18F2N2O2S. The van der Waals surface area contributed by atoms with Gasteiger partial charge in [0, 0.05) is 4.88 Å². The standard InChI is InChI=1S/C18H18F2N2O2S/c19-11-7-5-8-12(20)15(11)17(24)22-18-14(16(21)23)10-6-3-1-2-4-9-13(10)25-18/h5,7-8H,1-4,6,9H2,(H2,21,23)(H,22,24). The quantitative estimate of drug-likeness (QED) is 0.863. The molecule has 0 saturated heterocycles. The lowest BCUT2D eigenvalue weighted by Crippen LogP contribution is -2.19. The molecule has 1 aromatic heterocycles. The van der Waals surface area contributed by atoms with E-state index in [1.807, 2.05) is 0 Å². The summed E-state index contributed by atoms with van der Waals surface area (Å²) < 4.78 is 27.6. The highest BCUT2D eigenvalue weighted by Crippen LogP contribution is 2.37. The van der Waals surface area contributed by atoms with E-state index in [2.05, 4.69) is 5.32 Å². The molecular weight excluding hydrogens is 346 g/mol. The largest absolute Gasteiger partial charge is 0.365 e. The van der Waals surface area contributed by atoms with E-state index in [0.717, 1.165) is 54.7 Å². The van der Waals surface area contributed by atoms with Crippen LogP contribution in [0.15, 0.2) is 18.2 Å². The van der Waals surface area contributed by atoms with Crippen molar-refractivity contribution < 1.29 is 18.4 Å². The Morgan fingerprint density at radius 3 is 2.28 bits per heavy atom. The fraction of sp³-hybridized carbons (Fsp3) is 0.333. The molecule has 0 bridgehead atoms. The van der Waals surface area contributed by atoms with Crippen molar-refractivity contribution in [3.63, 3.8) is 0 Å². The number of carbonyl (C=O) groups is 2. The molecule has 25 heavy (non-hydrogen) atoms. The van der Waals surface area contributed by atoms with Gasteiger partial charge in [-0.05, 0) is 43.4 Å². The number of anilines is 1. The number of halogens is 2. The third-order valence-electron chi connectivity index (χ3n) is 4.33. The van der Waals surface area contributed by atoms with Crippen molar-refractivity contribution in [2.45, 2.75) is 38.5 Å². The van der Waals surface area contributed by atoms with Gasteiger partial charge >= 0.3 is 0 Å². The molecule has 0 unspecified atom stereocenters. The minimum absolute atomic E-state index is 0.270. The number of hydrogen-bond donors (Lipinski definition) is 2. The zero-order chi connectivity index (χ0) is 18.0. The average Bonchev–Trinajstić information content (AvgIpc) is 2.83. The number of hydrogen-bond acceptors (Lipinski definition) is 3. The Kier molecular flexibility index (Phi) is 5.13. The van der Waals surface area contributed by atoms with Gasteiger partial charge in [-0.15, -0.1) is 11.3 Å². The second-order valence-electron chi connectivity index (χ2n) is 6.04. The molecule has 0 aliphatic heterocycles. The number of nitrogens with one attached hydrogen (secondary N) is 1. The summed E-state index contributed by atoms with van der Waals surface area (Å²) in [6.45, 7) is 0. The Labute approximate surface area is 148 Å². The molecule has 0 radical (unpaired) electrons. The van der Waals surface area contributed by atoms with Gasteiger partial charge in [-0.2, -0.15) is 0 Å². The van der Waals surface area contributed by atoms with E-state index in [1.165, 1.54) is 17.4 Å². The Morgan fingerprint density at radius 2 is 1.64 bits per heavy atom. The highest BCUT2D eigenvalue weighted by molar-refractivity contribution is 7.17. The predicted octanol–water partition coefficient (Wildman–Crippen LogP) is 4.04. The third-order valence-corrected chi connectivity index (χ3v) is 5.54. The Bertz CT molecular complexity index is 812. The molecule has 0 saturated carbocycles. The summed E-state index contributed by atoms with van der Waals surface area (Å²) in [5, 5.41) is 2.76. The van der Waals surface area contributed by atoms with E-state index in [1.54, 1.807) is 0 Å². The summed E-state index contributed by atoms with van der Waals surface area (Å²) in [6.07, 6.45) is 5.67. The first-order chi connectivity index (χ1) is 12.0. The maximum absolute atomic E-state index is 13.8. The summed E-state index contributed by atoms with van der Waals surface area (Å²) in [7, 11) is 0. The number of benzene rings is 1. The lowest BCUT2D eigenvalue weighted by molar-refractivity contribution is 0.100. The number of primary amides is 1. The second-order valence-corrected chi connectivity index (χ2v) is 7.14. The number of carbonyl (C=O) groups excluding carboxylic acids is 2. The summed E-state index contributed by atoms with van der Waals surface area (Å²) in [5.41, 5.74) is 5.98. The van der Waals surface area contributed by atoms with Gasteiger partial charge in [0.05, 0.1) is 5.56 Å². The first-order valence-corrected chi connectivity index (χ1v) is 9.00. The molecule has 0 fully saturated rings. The first-order valence-electron chi connectivity index (χ1n) is 8.18. The summed E-state index contributed by atoms with van der Waals surface area (Å²) in [6, 6.07) is 3.22. The molecule has 1 aliphatic rings. The van der Waals surface area contributed by atoms with Crippen LogP contribution < -0.4 is 11.1 Å². The van der Waals surface area contributed by atoms with E-state index in [4.69, 9.17) is 5.73 Å². The van der Waals surface area contributed by atoms with Gasteiger partial charge < -0.3 is 11.1 Å². The van der Waals surface area contributed by atoms with Crippen LogP contribution in [0.4, 0.5) is 13.8 Å². The van der Waals surface area contributed by atoms with E-state index in [9.17, 15) is 18.4 Å². The number of nitrogens with two attached hydrogens (primary N) is 1. The Morgan fingerprint density at radius 1 is 1.00 bits per heavy atom. The monoisotopic (exact) mass is 364 g/mol. The van der Waals surface area contributed by atoms with Crippen LogP contribution in [0, 0.1) is 11.6 Å². The lowest BCUT2D eigenvalue weighted by atomic mass is 9.96. The van der Waals surface area contributed by atoms with Crippen molar-refractivity contribution in [3.8, 4) is 0 Å². The normalized spacial score (nSPS) is 14.3. The number of fused-ring (bicyclic) bond motifs is 1. The highest BCUT2D eigenvalue weighted by Gasteiger charge is 2.25. The van der Waals surface area contributed by atoms with Gasteiger partial charge in [-0.1, -0.05) is 18.9 Å². The lowest BCUT2D eigenvalue weighted by Gasteiger charge is -2.10. The SMILES string of the molecule is NC(=O)c1c(NC(=O)c2c(F)cccc2F)sc2c1CCCCCC2. The summed E-state index contributed by atoms with van der Waals surface area (Å²) >= 11 is 1.27. The molecule has 2 amide bonds. The Balaban J connectivity index is 1.98. The van der Waals surface area contributed by atoms with Crippen LogP contribution in [0.25, 0.3) is 0 Å². The van der Waals surface area contributed by atoms with Crippen molar-refractivity contribution in [1.29, 1.82) is 0 Å². The average molecular weight is 364 g/mol. The molecule has 4 nitrogen and oxygen atoms in total. The van der Waals surface area contributed by atoms with E-state index < -0.39 is 29.0 Å². The minimum atomic E-state index is -0.951. The van der Waals surface area contributed by atoms with Gasteiger partial charge in [0.15, 0.2) is 0 Å². The third kappa shape index (κ3) is 3.56. The maximum atomic E-state index is 13.8. The van der Waals surface area contributed by atoms with E-state index in [0.29, 0.717) is 6.42 Å².